The van der Waals surface area contributed by atoms with Gasteiger partial charge in [-0.15, -0.1) is 0 Å². The minimum Gasteiger partial charge on any atom is -1.00 e. The summed E-state index contributed by atoms with van der Waals surface area (Å²) in [7, 11) is 10.8. The van der Waals surface area contributed by atoms with Gasteiger partial charge in [-0.05, 0) is 43.5 Å². The maximum atomic E-state index is 13.8. The summed E-state index contributed by atoms with van der Waals surface area (Å²) in [4.78, 5) is 51.8. The van der Waals surface area contributed by atoms with Crippen molar-refractivity contribution in [2.24, 2.45) is 11.8 Å². The van der Waals surface area contributed by atoms with E-state index < -0.39 is 0 Å². The fourth-order valence-electron chi connectivity index (χ4n) is 11.6. The minimum atomic E-state index is -0.360. The lowest BCUT2D eigenvalue weighted by atomic mass is 9.81. The molecule has 16 heteroatoms. The molecule has 14 nitrogen and oxygen atoms in total. The number of quaternary nitrogens is 2. The molecule has 4 aliphatic heterocycles. The van der Waals surface area contributed by atoms with E-state index in [-0.39, 0.29) is 94.7 Å². The first-order valence-corrected chi connectivity index (χ1v) is 22.8. The molecule has 5 fully saturated rings. The third-order valence-electron chi connectivity index (χ3n) is 15.1. The van der Waals surface area contributed by atoms with Crippen LogP contribution in [-0.4, -0.2) is 112 Å². The van der Waals surface area contributed by atoms with Crippen LogP contribution in [-0.2, 0) is 41.7 Å². The van der Waals surface area contributed by atoms with E-state index in [1.54, 1.807) is 42.3 Å². The predicted molar refractivity (Wildman–Crippen MR) is 228 cm³/mol. The Kier molecular flexibility index (Phi) is 17.5. The zero-order chi connectivity index (χ0) is 44.3. The molecule has 356 valence electrons. The average Bonchev–Trinajstić information content (AvgIpc) is 3.49. The van der Waals surface area contributed by atoms with Crippen molar-refractivity contribution in [3.8, 4) is 34.5 Å². The Morgan fingerprint density at radius 2 is 0.828 bits per heavy atom. The van der Waals surface area contributed by atoms with Crippen LogP contribution in [0.1, 0.15) is 115 Å². The van der Waals surface area contributed by atoms with Crippen LogP contribution in [0.3, 0.4) is 0 Å². The molecule has 4 heterocycles. The third kappa shape index (κ3) is 10.7. The number of halogens is 2. The second kappa shape index (κ2) is 21.8. The summed E-state index contributed by atoms with van der Waals surface area (Å²) in [5, 5.41) is 0. The summed E-state index contributed by atoms with van der Waals surface area (Å²) in [6, 6.07) is 9.03. The van der Waals surface area contributed by atoms with Gasteiger partial charge in [0.2, 0.25) is 11.5 Å². The molecule has 2 aromatic rings. The van der Waals surface area contributed by atoms with Crippen LogP contribution in [0.25, 0.3) is 0 Å². The molecule has 0 radical (unpaired) electrons. The largest absolute Gasteiger partial charge is 1.00 e. The van der Waals surface area contributed by atoms with E-state index in [9.17, 15) is 19.2 Å². The average molecular weight is 1020 g/mol. The molecule has 1 saturated carbocycles. The highest BCUT2D eigenvalue weighted by molar-refractivity contribution is 5.77. The lowest BCUT2D eigenvalue weighted by Gasteiger charge is -2.47. The molecule has 2 aromatic carbocycles. The predicted octanol–water partition coefficient (Wildman–Crippen LogP) is 1.23. The van der Waals surface area contributed by atoms with E-state index >= 15 is 0 Å². The maximum Gasteiger partial charge on any atom is 0.311 e. The van der Waals surface area contributed by atoms with Crippen molar-refractivity contribution in [2.75, 3.05) is 42.5 Å². The van der Waals surface area contributed by atoms with E-state index in [0.717, 1.165) is 104 Å². The molecule has 10 atom stereocenters. The fraction of sp³-hybridized carbons (Fsp3) is 0.667. The molecule has 1 aliphatic carbocycles. The van der Waals surface area contributed by atoms with Crippen LogP contribution >= 0.6 is 0 Å². The van der Waals surface area contributed by atoms with Gasteiger partial charge in [0.15, 0.2) is 23.0 Å². The number of carbonyl (C=O) groups excluding carboxylic acids is 4. The van der Waals surface area contributed by atoms with Crippen LogP contribution in [0.4, 0.5) is 0 Å². The normalized spacial score (nSPS) is 30.1. The smallest absolute Gasteiger partial charge is 0.311 e. The van der Waals surface area contributed by atoms with E-state index in [4.69, 9.17) is 37.9 Å². The number of esters is 4. The first-order valence-electron chi connectivity index (χ1n) is 22.8. The van der Waals surface area contributed by atoms with Crippen LogP contribution in [0.15, 0.2) is 24.3 Å². The molecule has 4 bridgehead atoms. The highest BCUT2D eigenvalue weighted by Crippen LogP contribution is 2.48. The highest BCUT2D eigenvalue weighted by atomic mass is 79.9. The maximum absolute atomic E-state index is 13.8. The zero-order valence-electron chi connectivity index (χ0n) is 38.8. The number of hydrogen-bond acceptors (Lipinski definition) is 12. The van der Waals surface area contributed by atoms with E-state index in [1.807, 2.05) is 24.3 Å². The Labute approximate surface area is 399 Å². The number of piperidine rings is 2. The van der Waals surface area contributed by atoms with E-state index in [2.05, 4.69) is 14.1 Å². The van der Waals surface area contributed by atoms with E-state index in [1.165, 1.54) is 0 Å². The molecule has 6 unspecified atom stereocenters. The molecular weight excluding hydrogens is 956 g/mol. The number of hydrogen-bond donors (Lipinski definition) is 0. The molecule has 0 amide bonds. The van der Waals surface area contributed by atoms with Gasteiger partial charge in [0, 0.05) is 75.3 Å². The Bertz CT molecular complexity index is 1780. The molecule has 64 heavy (non-hydrogen) atoms. The summed E-state index contributed by atoms with van der Waals surface area (Å²) in [5.41, 5.74) is 2.06. The number of carbonyl (C=O) groups is 4. The second-order valence-electron chi connectivity index (χ2n) is 18.7. The van der Waals surface area contributed by atoms with Gasteiger partial charge < -0.3 is 80.8 Å². The van der Waals surface area contributed by atoms with Crippen LogP contribution in [0, 0.1) is 11.8 Å². The fourth-order valence-corrected chi connectivity index (χ4v) is 11.6. The molecular formula is C48H68Br2N2O12. The molecule has 0 N–H and O–H groups in total. The Morgan fingerprint density at radius 1 is 0.516 bits per heavy atom. The monoisotopic (exact) mass is 1020 g/mol. The number of ether oxygens (including phenoxy) is 8. The van der Waals surface area contributed by atoms with Gasteiger partial charge in [-0.2, -0.15) is 0 Å². The quantitative estimate of drug-likeness (QED) is 0.136. The lowest BCUT2D eigenvalue weighted by molar-refractivity contribution is -0.961. The molecule has 4 saturated heterocycles. The van der Waals surface area contributed by atoms with E-state index in [0.29, 0.717) is 65.1 Å². The first kappa shape index (κ1) is 51.4. The van der Waals surface area contributed by atoms with Crippen molar-refractivity contribution in [1.82, 2.24) is 0 Å². The van der Waals surface area contributed by atoms with Crippen molar-refractivity contribution in [1.29, 1.82) is 0 Å². The molecule has 5 aliphatic rings. The number of fused-ring (bicyclic) bond motifs is 4. The Morgan fingerprint density at radius 3 is 1.11 bits per heavy atom. The van der Waals surface area contributed by atoms with Gasteiger partial charge in [0.1, 0.15) is 25.3 Å². The van der Waals surface area contributed by atoms with Crippen molar-refractivity contribution in [3.05, 3.63) is 35.4 Å². The van der Waals surface area contributed by atoms with Crippen LogP contribution < -0.4 is 62.4 Å². The summed E-state index contributed by atoms with van der Waals surface area (Å²) in [6.45, 7) is 4.98. The molecule has 0 spiro atoms. The minimum absolute atomic E-state index is 0. The number of methoxy groups -OCH3 is 4. The van der Waals surface area contributed by atoms with Gasteiger partial charge in [-0.25, -0.2) is 0 Å². The molecule has 0 aromatic heterocycles. The highest BCUT2D eigenvalue weighted by Gasteiger charge is 2.54. The first-order chi connectivity index (χ1) is 29.7. The van der Waals surface area contributed by atoms with Gasteiger partial charge in [0.25, 0.3) is 0 Å². The summed E-state index contributed by atoms with van der Waals surface area (Å²) >= 11 is 0. The Balaban J connectivity index is 0.00000385. The third-order valence-corrected chi connectivity index (χ3v) is 15.1. The second-order valence-corrected chi connectivity index (χ2v) is 18.7. The SMILES string of the molecule is CCC(=O)Oc1c(OC)cc(C[N+]2(C)[C@@H]3CC[C@H]2CC(OC(=O)C2CCCC(C(=O)OC4C[C@H]5CC[C@@H](C4)[N+]5(C)Cc4cc(OC)c(OC(=O)CC)c(OC)c4)C2)C3)cc1OC.[Br-].[Br-]. The number of rotatable bonds is 16. The van der Waals surface area contributed by atoms with Crippen molar-refractivity contribution < 1.29 is 100 Å². The van der Waals surface area contributed by atoms with Crippen LogP contribution in [0.2, 0.25) is 0 Å². The van der Waals surface area contributed by atoms with Crippen molar-refractivity contribution in [2.45, 2.75) is 153 Å². The Hall–Kier alpha value is -3.60. The van der Waals surface area contributed by atoms with Gasteiger partial charge in [-0.3, -0.25) is 19.2 Å². The zero-order valence-corrected chi connectivity index (χ0v) is 42.0. The van der Waals surface area contributed by atoms with Gasteiger partial charge in [0.05, 0.1) is 78.5 Å². The van der Waals surface area contributed by atoms with Gasteiger partial charge >= 0.3 is 23.9 Å². The molecule has 7 rings (SSSR count). The standard InChI is InChI=1S/C48H68N2O12.2BrH/c1-9-43(51)61-45-39(55-5)18-29(19-40(45)56-6)27-49(3)33-14-15-34(49)24-37(23-33)59-47(53)31-12-11-13-32(22-31)48(54)60-38-25-35-16-17-36(26-38)50(35,4)28-30-20-41(57-7)46(42(21-30)58-8)62-44(52)10-2;;/h18-21,31-38H,9-17,22-28H2,1-8H3;2*1H/q+2;;/p-2/t31?,32?,33-,34+,35-,36+,37?,38?,49?,50?;;. The summed E-state index contributed by atoms with van der Waals surface area (Å²) < 4.78 is 48.0. The van der Waals surface area contributed by atoms with Crippen molar-refractivity contribution in [3.63, 3.8) is 0 Å². The topological polar surface area (TPSA) is 142 Å². The van der Waals surface area contributed by atoms with Gasteiger partial charge in [-0.1, -0.05) is 20.3 Å². The van der Waals surface area contributed by atoms with Crippen molar-refractivity contribution >= 4 is 23.9 Å². The summed E-state index contributed by atoms with van der Waals surface area (Å²) in [5.74, 6) is 0.735. The number of nitrogens with zero attached hydrogens (tertiary/aromatic N) is 2. The lowest BCUT2D eigenvalue weighted by Crippen LogP contribution is -3.00. The summed E-state index contributed by atoms with van der Waals surface area (Å²) in [6.07, 6.45) is 10.3. The van der Waals surface area contributed by atoms with Crippen LogP contribution in [0.5, 0.6) is 34.5 Å². The number of benzene rings is 2.